The van der Waals surface area contributed by atoms with Crippen molar-refractivity contribution in [2.24, 2.45) is 0 Å². The fourth-order valence-corrected chi connectivity index (χ4v) is 0.987. The van der Waals surface area contributed by atoms with Gasteiger partial charge in [-0.05, 0) is 0 Å². The van der Waals surface area contributed by atoms with Crippen LogP contribution in [-0.2, 0) is 0 Å². The summed E-state index contributed by atoms with van der Waals surface area (Å²) in [4.78, 5) is 0. The average molecular weight is 108 g/mol. The zero-order valence-electron chi connectivity index (χ0n) is 3.96. The van der Waals surface area contributed by atoms with Crippen molar-refractivity contribution in [1.29, 1.82) is 0 Å². The molecule has 1 unspecified atom stereocenters. The minimum atomic E-state index is 0.538. The van der Waals surface area contributed by atoms with E-state index in [9.17, 15) is 0 Å². The lowest BCUT2D eigenvalue weighted by molar-refractivity contribution is 1.47. The predicted molar refractivity (Wildman–Crippen MR) is 36.1 cm³/mol. The van der Waals surface area contributed by atoms with Crippen LogP contribution in [0.4, 0.5) is 0 Å². The molecule has 0 aromatic heterocycles. The van der Waals surface area contributed by atoms with Crippen LogP contribution in [0.2, 0.25) is 0 Å². The third kappa shape index (κ3) is 1.17. The Bertz CT molecular complexity index is 94.6. The van der Waals surface area contributed by atoms with E-state index in [0.29, 0.717) is 14.1 Å². The van der Waals surface area contributed by atoms with Crippen LogP contribution in [0.25, 0.3) is 0 Å². The molecular weight excluding hydrogens is 102 g/mol. The number of rotatable bonds is 1. The van der Waals surface area contributed by atoms with Gasteiger partial charge in [0.2, 0.25) is 0 Å². The van der Waals surface area contributed by atoms with Gasteiger partial charge in [-0.15, -0.1) is 0 Å². The fraction of sp³-hybridized carbons (Fsp3) is 0.200. The Balaban J connectivity index is 2.44. The maximum absolute atomic E-state index is 5.36. The van der Waals surface area contributed by atoms with E-state index in [4.69, 9.17) is 7.57 Å². The normalized spacial score (nSPS) is 20.6. The summed E-state index contributed by atoms with van der Waals surface area (Å²) in [7, 11) is 5.90. The summed E-state index contributed by atoms with van der Waals surface area (Å²) in [6.45, 7) is 0. The van der Waals surface area contributed by atoms with E-state index in [-0.39, 0.29) is 0 Å². The van der Waals surface area contributed by atoms with Crippen LogP contribution in [0.5, 0.6) is 0 Å². The molecule has 7 heavy (non-hydrogen) atoms. The van der Waals surface area contributed by atoms with Crippen molar-refractivity contribution in [1.82, 2.24) is 0 Å². The largest absolute Gasteiger partial charge is 0.161 e. The Hall–Kier alpha value is -0.0251. The van der Waals surface area contributed by atoms with Crippen LogP contribution in [0.3, 0.4) is 0 Å². The molecule has 0 aliphatic heterocycles. The quantitative estimate of drug-likeness (QED) is 0.350. The molecule has 0 heterocycles. The maximum atomic E-state index is 5.36. The van der Waals surface area contributed by atoms with Crippen molar-refractivity contribution >= 4 is 16.0 Å². The highest BCUT2D eigenvalue weighted by molar-refractivity contribution is 7.67. The van der Waals surface area contributed by atoms with Crippen LogP contribution < -0.4 is 0 Å². The summed E-state index contributed by atoms with van der Waals surface area (Å²) in [5.41, 5.74) is 0.542. The van der Waals surface area contributed by atoms with Gasteiger partial charge < -0.3 is 0 Å². The Morgan fingerprint density at radius 2 is 1.86 bits per heavy atom. The topological polar surface area (TPSA) is 0 Å². The van der Waals surface area contributed by atoms with E-state index in [1.807, 2.05) is 12.2 Å². The highest BCUT2D eigenvalue weighted by Crippen LogP contribution is 2.18. The lowest BCUT2D eigenvalue weighted by Crippen LogP contribution is -1.82. The molecule has 2 heteroatoms. The van der Waals surface area contributed by atoms with Gasteiger partial charge in [0.25, 0.3) is 0 Å². The first-order chi connectivity index (χ1) is 3.43. The van der Waals surface area contributed by atoms with E-state index in [1.165, 1.54) is 0 Å². The number of hydrogen-bond donors (Lipinski definition) is 0. The third-order valence-electron chi connectivity index (χ3n) is 0.940. The van der Waals surface area contributed by atoms with E-state index in [1.54, 1.807) is 0 Å². The number of allylic oxidation sites excluding steroid dienone is 4. The highest BCUT2D eigenvalue weighted by Gasteiger charge is 1.95. The van der Waals surface area contributed by atoms with Crippen LogP contribution in [-0.4, -0.2) is 13.2 Å². The SMILES string of the molecule is [B]PC1C=CC=C1. The first-order valence-corrected chi connectivity index (χ1v) is 3.40. The maximum Gasteiger partial charge on any atom is 0.105 e. The van der Waals surface area contributed by atoms with Gasteiger partial charge in [0.15, 0.2) is 0 Å². The second-order valence-electron chi connectivity index (χ2n) is 1.46. The average Bonchev–Trinajstić information content (AvgIpc) is 2.14. The second kappa shape index (κ2) is 2.33. The van der Waals surface area contributed by atoms with Crippen LogP contribution in [0.1, 0.15) is 0 Å². The smallest absolute Gasteiger partial charge is 0.105 e. The first kappa shape index (κ1) is 5.12. The second-order valence-corrected chi connectivity index (χ2v) is 2.46. The molecular formula is C5H6BP. The molecule has 1 aliphatic rings. The minimum Gasteiger partial charge on any atom is -0.161 e. The predicted octanol–water partition coefficient (Wildman–Crippen LogP) is 1.24. The van der Waals surface area contributed by atoms with Crippen molar-refractivity contribution in [3.05, 3.63) is 24.3 Å². The molecule has 0 fully saturated rings. The first-order valence-electron chi connectivity index (χ1n) is 2.24. The molecule has 0 saturated heterocycles. The van der Waals surface area contributed by atoms with Crippen molar-refractivity contribution in [2.45, 2.75) is 5.66 Å². The lowest BCUT2D eigenvalue weighted by Gasteiger charge is -1.94. The summed E-state index contributed by atoms with van der Waals surface area (Å²) in [6, 6.07) is 0. The molecule has 1 atom stereocenters. The van der Waals surface area contributed by atoms with E-state index in [2.05, 4.69) is 12.2 Å². The van der Waals surface area contributed by atoms with Gasteiger partial charge >= 0.3 is 0 Å². The molecule has 1 rings (SSSR count). The summed E-state index contributed by atoms with van der Waals surface area (Å²) in [6.07, 6.45) is 8.28. The Morgan fingerprint density at radius 1 is 1.29 bits per heavy atom. The summed E-state index contributed by atoms with van der Waals surface area (Å²) < 4.78 is 0. The van der Waals surface area contributed by atoms with Crippen LogP contribution in [0.15, 0.2) is 24.3 Å². The number of hydrogen-bond acceptors (Lipinski definition) is 0. The zero-order chi connectivity index (χ0) is 5.11. The van der Waals surface area contributed by atoms with Gasteiger partial charge in [0.05, 0.1) is 0 Å². The van der Waals surface area contributed by atoms with Crippen molar-refractivity contribution < 1.29 is 0 Å². The van der Waals surface area contributed by atoms with Crippen LogP contribution >= 0.6 is 8.46 Å². The molecule has 0 amide bonds. The molecule has 0 spiro atoms. The molecule has 0 N–H and O–H groups in total. The van der Waals surface area contributed by atoms with Gasteiger partial charge in [0.1, 0.15) is 7.57 Å². The van der Waals surface area contributed by atoms with Gasteiger partial charge in [-0.1, -0.05) is 24.3 Å². The summed E-state index contributed by atoms with van der Waals surface area (Å²) in [5, 5.41) is 0. The van der Waals surface area contributed by atoms with E-state index >= 15 is 0 Å². The minimum absolute atomic E-state index is 0.538. The van der Waals surface area contributed by atoms with Crippen molar-refractivity contribution in [3.63, 3.8) is 0 Å². The van der Waals surface area contributed by atoms with Crippen molar-refractivity contribution in [2.75, 3.05) is 0 Å². The zero-order valence-corrected chi connectivity index (χ0v) is 4.96. The molecule has 2 radical (unpaired) electrons. The standard InChI is InChI=1S/C5H6BP/c6-7-5-3-1-2-4-5/h1-5,7H. The molecule has 0 saturated carbocycles. The third-order valence-corrected chi connectivity index (χ3v) is 1.71. The Kier molecular flexibility index (Phi) is 1.70. The summed E-state index contributed by atoms with van der Waals surface area (Å²) >= 11 is 0. The molecule has 0 aromatic rings. The van der Waals surface area contributed by atoms with Crippen LogP contribution in [0, 0.1) is 0 Å². The summed E-state index contributed by atoms with van der Waals surface area (Å²) in [5.74, 6) is 0. The molecule has 0 nitrogen and oxygen atoms in total. The van der Waals surface area contributed by atoms with E-state index < -0.39 is 0 Å². The van der Waals surface area contributed by atoms with Gasteiger partial charge in [-0.3, -0.25) is 0 Å². The Labute approximate surface area is 46.8 Å². The van der Waals surface area contributed by atoms with Gasteiger partial charge in [-0.25, -0.2) is 0 Å². The Morgan fingerprint density at radius 3 is 2.14 bits per heavy atom. The van der Waals surface area contributed by atoms with Gasteiger partial charge in [0, 0.05) is 5.66 Å². The lowest BCUT2D eigenvalue weighted by atomic mass is 10.5. The monoisotopic (exact) mass is 108 g/mol. The van der Waals surface area contributed by atoms with Crippen molar-refractivity contribution in [3.8, 4) is 0 Å². The molecule has 0 bridgehead atoms. The van der Waals surface area contributed by atoms with E-state index in [0.717, 1.165) is 0 Å². The van der Waals surface area contributed by atoms with Gasteiger partial charge in [-0.2, -0.15) is 8.46 Å². The highest BCUT2D eigenvalue weighted by atomic mass is 31.1. The molecule has 1 aliphatic carbocycles. The fourth-order valence-electron chi connectivity index (χ4n) is 0.543. The molecule has 0 aromatic carbocycles. The molecule has 34 valence electrons.